The minimum atomic E-state index is -0.276. The van der Waals surface area contributed by atoms with Crippen LogP contribution < -0.4 is 5.32 Å². The highest BCUT2D eigenvalue weighted by Crippen LogP contribution is 2.40. The third kappa shape index (κ3) is 4.94. The number of carbonyl (C=O) groups is 1. The van der Waals surface area contributed by atoms with Crippen LogP contribution in [0, 0.1) is 0 Å². The normalized spacial score (nSPS) is 11.6. The molecule has 0 aliphatic carbocycles. The standard InChI is InChI=1S/C7H14NO2PS3/c1-4-10-6(9)5-8-7(11-12,13-2)14-3/h8H,4-5H2,1-3H3. The SMILES string of the molecule is CCOC(=O)CNC(P=S)(SC)SC. The van der Waals surface area contributed by atoms with Crippen molar-refractivity contribution in [3.05, 3.63) is 0 Å². The predicted octanol–water partition coefficient (Wildman–Crippen LogP) is 1.88. The van der Waals surface area contributed by atoms with Gasteiger partial charge in [-0.25, -0.2) is 0 Å². The van der Waals surface area contributed by atoms with Crippen LogP contribution in [-0.2, 0) is 21.3 Å². The van der Waals surface area contributed by atoms with Crippen LogP contribution in [0.1, 0.15) is 6.92 Å². The molecule has 14 heavy (non-hydrogen) atoms. The Labute approximate surface area is 100.0 Å². The smallest absolute Gasteiger partial charge is 0.319 e. The fourth-order valence-corrected chi connectivity index (χ4v) is 4.11. The Morgan fingerprint density at radius 3 is 2.50 bits per heavy atom. The van der Waals surface area contributed by atoms with E-state index in [4.69, 9.17) is 16.5 Å². The van der Waals surface area contributed by atoms with Crippen molar-refractivity contribution in [3.8, 4) is 0 Å². The first-order valence-electron chi connectivity index (χ1n) is 3.99. The van der Waals surface area contributed by atoms with Gasteiger partial charge in [0.25, 0.3) is 0 Å². The van der Waals surface area contributed by atoms with Gasteiger partial charge in [-0.05, 0) is 19.4 Å². The highest BCUT2D eigenvalue weighted by atomic mass is 32.4. The molecule has 0 radical (unpaired) electrons. The van der Waals surface area contributed by atoms with Crippen LogP contribution in [0.25, 0.3) is 0 Å². The molecule has 0 aromatic rings. The first-order chi connectivity index (χ1) is 6.64. The molecule has 3 nitrogen and oxygen atoms in total. The maximum absolute atomic E-state index is 11.1. The summed E-state index contributed by atoms with van der Waals surface area (Å²) in [5, 5.41) is 3.10. The molecule has 0 bridgehead atoms. The third-order valence-electron chi connectivity index (χ3n) is 1.43. The van der Waals surface area contributed by atoms with Crippen molar-refractivity contribution in [1.29, 1.82) is 0 Å². The van der Waals surface area contributed by atoms with Crippen molar-refractivity contribution in [2.24, 2.45) is 0 Å². The summed E-state index contributed by atoms with van der Waals surface area (Å²) in [5.41, 5.74) is 0. The number of ether oxygens (including phenoxy) is 1. The number of hydrogen-bond donors (Lipinski definition) is 1. The van der Waals surface area contributed by atoms with Crippen LogP contribution >= 0.6 is 30.9 Å². The Hall–Kier alpha value is 0.650. The fraction of sp³-hybridized carbons (Fsp3) is 0.857. The third-order valence-corrected chi connectivity index (χ3v) is 7.39. The minimum Gasteiger partial charge on any atom is -0.465 e. The second-order valence-electron chi connectivity index (χ2n) is 2.24. The lowest BCUT2D eigenvalue weighted by Crippen LogP contribution is -2.37. The van der Waals surface area contributed by atoms with Crippen LogP contribution in [0.5, 0.6) is 0 Å². The van der Waals surface area contributed by atoms with Crippen molar-refractivity contribution in [2.75, 3.05) is 25.7 Å². The Morgan fingerprint density at radius 1 is 1.57 bits per heavy atom. The van der Waals surface area contributed by atoms with Crippen molar-refractivity contribution >= 4 is 48.7 Å². The van der Waals surface area contributed by atoms with E-state index in [0.717, 1.165) is 7.36 Å². The summed E-state index contributed by atoms with van der Waals surface area (Å²) in [6, 6.07) is 0. The number of carbonyl (C=O) groups excluding carboxylic acids is 1. The van der Waals surface area contributed by atoms with Crippen LogP contribution in [0.15, 0.2) is 0 Å². The molecule has 0 aromatic heterocycles. The molecule has 0 atom stereocenters. The molecule has 1 N–H and O–H groups in total. The second-order valence-corrected chi connectivity index (χ2v) is 6.55. The minimum absolute atomic E-state index is 0.208. The molecule has 0 unspecified atom stereocenters. The quantitative estimate of drug-likeness (QED) is 0.433. The topological polar surface area (TPSA) is 38.3 Å². The van der Waals surface area contributed by atoms with E-state index in [1.807, 2.05) is 12.5 Å². The summed E-state index contributed by atoms with van der Waals surface area (Å²) in [4.78, 5) is 11.1. The molecule has 0 saturated heterocycles. The molecule has 7 heteroatoms. The highest BCUT2D eigenvalue weighted by molar-refractivity contribution is 8.27. The van der Waals surface area contributed by atoms with Crippen LogP contribution in [0.4, 0.5) is 0 Å². The Kier molecular flexibility index (Phi) is 8.25. The predicted molar refractivity (Wildman–Crippen MR) is 68.7 cm³/mol. The van der Waals surface area contributed by atoms with Gasteiger partial charge in [-0.1, -0.05) is 11.8 Å². The fourth-order valence-electron chi connectivity index (χ4n) is 0.730. The summed E-state index contributed by atoms with van der Waals surface area (Å²) in [7, 11) is 0.789. The molecule has 0 spiro atoms. The number of thioether (sulfide) groups is 2. The Balaban J connectivity index is 4.05. The van der Waals surface area contributed by atoms with Crippen molar-refractivity contribution in [2.45, 2.75) is 10.9 Å². The molecular weight excluding hydrogens is 257 g/mol. The van der Waals surface area contributed by atoms with E-state index in [-0.39, 0.29) is 16.5 Å². The summed E-state index contributed by atoms with van der Waals surface area (Å²) in [6.45, 7) is 2.41. The number of nitrogens with one attached hydrogen (secondary N) is 1. The zero-order valence-electron chi connectivity index (χ0n) is 8.40. The molecule has 0 amide bonds. The molecule has 0 saturated carbocycles. The maximum atomic E-state index is 11.1. The van der Waals surface area contributed by atoms with E-state index >= 15 is 0 Å². The number of esters is 1. The number of rotatable bonds is 7. The zero-order chi connectivity index (χ0) is 11.0. The van der Waals surface area contributed by atoms with Gasteiger partial charge in [-0.2, -0.15) is 0 Å². The van der Waals surface area contributed by atoms with Gasteiger partial charge >= 0.3 is 5.97 Å². The van der Waals surface area contributed by atoms with Gasteiger partial charge in [0.2, 0.25) is 0 Å². The van der Waals surface area contributed by atoms with Crippen LogP contribution in [-0.4, -0.2) is 35.6 Å². The van der Waals surface area contributed by atoms with Gasteiger partial charge in [-0.15, -0.1) is 23.5 Å². The largest absolute Gasteiger partial charge is 0.465 e. The summed E-state index contributed by atoms with van der Waals surface area (Å²) < 4.78 is 4.54. The average Bonchev–Trinajstić information content (AvgIpc) is 2.21. The molecule has 0 fully saturated rings. The van der Waals surface area contributed by atoms with Crippen molar-refractivity contribution < 1.29 is 9.53 Å². The van der Waals surface area contributed by atoms with E-state index in [2.05, 4.69) is 5.32 Å². The lowest BCUT2D eigenvalue weighted by Gasteiger charge is -2.25. The second kappa shape index (κ2) is 7.88. The average molecular weight is 271 g/mol. The maximum Gasteiger partial charge on any atom is 0.319 e. The summed E-state index contributed by atoms with van der Waals surface area (Å²) in [5.74, 6) is -0.237. The molecule has 0 aliphatic heterocycles. The molecule has 0 aromatic carbocycles. The molecule has 0 rings (SSSR count). The molecule has 82 valence electrons. The van der Waals surface area contributed by atoms with Gasteiger partial charge in [0.15, 0.2) is 3.94 Å². The monoisotopic (exact) mass is 271 g/mol. The first kappa shape index (κ1) is 14.6. The van der Waals surface area contributed by atoms with E-state index in [9.17, 15) is 4.79 Å². The van der Waals surface area contributed by atoms with E-state index in [1.165, 1.54) is 0 Å². The van der Waals surface area contributed by atoms with Gasteiger partial charge in [0, 0.05) is 7.36 Å². The Bertz CT molecular complexity index is 199. The lowest BCUT2D eigenvalue weighted by atomic mass is 10.6. The van der Waals surface area contributed by atoms with Gasteiger partial charge in [0.1, 0.15) is 0 Å². The summed E-state index contributed by atoms with van der Waals surface area (Å²) in [6.07, 6.45) is 3.93. The van der Waals surface area contributed by atoms with E-state index in [0.29, 0.717) is 6.61 Å². The summed E-state index contributed by atoms with van der Waals surface area (Å²) >= 11 is 8.23. The van der Waals surface area contributed by atoms with Gasteiger partial charge < -0.3 is 4.74 Å². The number of hydrogen-bond acceptors (Lipinski definition) is 6. The van der Waals surface area contributed by atoms with E-state index < -0.39 is 0 Å². The molecule has 0 aliphatic rings. The van der Waals surface area contributed by atoms with Gasteiger partial charge in [-0.3, -0.25) is 10.1 Å². The highest BCUT2D eigenvalue weighted by Gasteiger charge is 2.26. The van der Waals surface area contributed by atoms with Crippen LogP contribution in [0.2, 0.25) is 0 Å². The van der Waals surface area contributed by atoms with E-state index in [1.54, 1.807) is 30.4 Å². The molecular formula is C7H14NO2PS3. The van der Waals surface area contributed by atoms with Gasteiger partial charge in [0.05, 0.1) is 13.2 Å². The van der Waals surface area contributed by atoms with Crippen molar-refractivity contribution in [3.63, 3.8) is 0 Å². The van der Waals surface area contributed by atoms with Crippen LogP contribution in [0.3, 0.4) is 0 Å². The first-order valence-corrected chi connectivity index (χ1v) is 8.35. The molecule has 0 heterocycles. The van der Waals surface area contributed by atoms with Crippen molar-refractivity contribution in [1.82, 2.24) is 5.32 Å². The zero-order valence-corrected chi connectivity index (χ0v) is 11.7. The lowest BCUT2D eigenvalue weighted by molar-refractivity contribution is -0.141. The Morgan fingerprint density at radius 2 is 2.14 bits per heavy atom.